The zero-order valence-corrected chi connectivity index (χ0v) is 16.2. The van der Waals surface area contributed by atoms with Crippen molar-refractivity contribution in [1.29, 1.82) is 0 Å². The topological polar surface area (TPSA) is 72.4 Å². The Morgan fingerprint density at radius 2 is 2.04 bits per heavy atom. The molecule has 0 amide bonds. The molecule has 0 saturated heterocycles. The second-order valence-corrected chi connectivity index (χ2v) is 5.17. The summed E-state index contributed by atoms with van der Waals surface area (Å²) >= 11 is 0. The molecule has 128 valence electrons. The van der Waals surface area contributed by atoms with Gasteiger partial charge in [-0.05, 0) is 30.9 Å². The number of rotatable bonds is 7. The number of aromatic amines is 1. The molecule has 0 bridgehead atoms. The van der Waals surface area contributed by atoms with E-state index in [2.05, 4.69) is 51.9 Å². The van der Waals surface area contributed by atoms with E-state index in [1.165, 1.54) is 22.0 Å². The largest absolute Gasteiger partial charge is 0.394 e. The molecular formula is C17H27IN4O. The number of nitrogens with one attached hydrogen (secondary N) is 3. The Morgan fingerprint density at radius 1 is 1.22 bits per heavy atom. The summed E-state index contributed by atoms with van der Waals surface area (Å²) in [4.78, 5) is 7.68. The number of aromatic nitrogens is 1. The van der Waals surface area contributed by atoms with Crippen LogP contribution in [0.2, 0.25) is 0 Å². The Balaban J connectivity index is 0.00000264. The molecular weight excluding hydrogens is 403 g/mol. The van der Waals surface area contributed by atoms with Crippen LogP contribution in [-0.4, -0.2) is 42.3 Å². The van der Waals surface area contributed by atoms with Gasteiger partial charge in [0.15, 0.2) is 5.96 Å². The van der Waals surface area contributed by atoms with E-state index in [0.717, 1.165) is 31.9 Å². The van der Waals surface area contributed by atoms with Gasteiger partial charge in [0.25, 0.3) is 0 Å². The van der Waals surface area contributed by atoms with Gasteiger partial charge >= 0.3 is 0 Å². The minimum Gasteiger partial charge on any atom is -0.394 e. The van der Waals surface area contributed by atoms with Gasteiger partial charge in [0.1, 0.15) is 0 Å². The number of aryl methyl sites for hydroxylation is 1. The predicted octanol–water partition coefficient (Wildman–Crippen LogP) is 2.44. The van der Waals surface area contributed by atoms with E-state index in [-0.39, 0.29) is 30.6 Å². The van der Waals surface area contributed by atoms with Gasteiger partial charge in [-0.25, -0.2) is 0 Å². The molecule has 0 spiro atoms. The Bertz CT molecular complexity index is 624. The molecule has 0 unspecified atom stereocenters. The molecule has 5 nitrogen and oxygen atoms in total. The van der Waals surface area contributed by atoms with Gasteiger partial charge in [-0.2, -0.15) is 0 Å². The first-order chi connectivity index (χ1) is 10.8. The molecule has 0 radical (unpaired) electrons. The molecule has 0 aliphatic carbocycles. The lowest BCUT2D eigenvalue weighted by Crippen LogP contribution is -2.38. The number of aliphatic hydroxyl groups excluding tert-OH is 1. The zero-order valence-electron chi connectivity index (χ0n) is 13.9. The number of halogens is 1. The van der Waals surface area contributed by atoms with Gasteiger partial charge in [0.05, 0.1) is 13.2 Å². The van der Waals surface area contributed by atoms with Crippen molar-refractivity contribution in [2.24, 2.45) is 4.99 Å². The quantitative estimate of drug-likeness (QED) is 0.310. The number of hydrogen-bond acceptors (Lipinski definition) is 2. The fraction of sp³-hybridized carbons (Fsp3) is 0.471. The van der Waals surface area contributed by atoms with Gasteiger partial charge in [-0.3, -0.25) is 4.99 Å². The molecule has 0 aliphatic heterocycles. The number of para-hydroxylation sites is 1. The number of guanidine groups is 1. The van der Waals surface area contributed by atoms with Crippen molar-refractivity contribution in [2.45, 2.75) is 26.7 Å². The minimum absolute atomic E-state index is 0. The highest BCUT2D eigenvalue weighted by atomic mass is 127. The van der Waals surface area contributed by atoms with Crippen LogP contribution in [0, 0.1) is 0 Å². The van der Waals surface area contributed by atoms with Crippen molar-refractivity contribution in [2.75, 3.05) is 26.2 Å². The van der Waals surface area contributed by atoms with Crippen LogP contribution in [0.1, 0.15) is 25.0 Å². The summed E-state index contributed by atoms with van der Waals surface area (Å²) in [6, 6.07) is 6.47. The third kappa shape index (κ3) is 5.39. The van der Waals surface area contributed by atoms with E-state index in [0.29, 0.717) is 6.54 Å². The number of fused-ring (bicyclic) bond motifs is 1. The normalized spacial score (nSPS) is 11.3. The van der Waals surface area contributed by atoms with Crippen LogP contribution >= 0.6 is 24.0 Å². The molecule has 0 aliphatic rings. The summed E-state index contributed by atoms with van der Waals surface area (Å²) in [7, 11) is 0. The number of aliphatic hydroxyl groups is 1. The fourth-order valence-corrected chi connectivity index (χ4v) is 2.60. The lowest BCUT2D eigenvalue weighted by Gasteiger charge is -2.10. The number of H-pyrrole nitrogens is 1. The third-order valence-corrected chi connectivity index (χ3v) is 3.67. The maximum absolute atomic E-state index is 8.86. The monoisotopic (exact) mass is 430 g/mol. The first-order valence-corrected chi connectivity index (χ1v) is 8.01. The van der Waals surface area contributed by atoms with Crippen LogP contribution < -0.4 is 10.6 Å². The molecule has 0 atom stereocenters. The van der Waals surface area contributed by atoms with Crippen molar-refractivity contribution in [3.05, 3.63) is 35.5 Å². The van der Waals surface area contributed by atoms with Crippen LogP contribution in [0.4, 0.5) is 0 Å². The smallest absolute Gasteiger partial charge is 0.191 e. The second kappa shape index (κ2) is 10.5. The summed E-state index contributed by atoms with van der Waals surface area (Å²) < 4.78 is 0. The molecule has 4 N–H and O–H groups in total. The highest BCUT2D eigenvalue weighted by Gasteiger charge is 2.06. The molecule has 0 saturated carbocycles. The summed E-state index contributed by atoms with van der Waals surface area (Å²) in [6.07, 6.45) is 4.06. The Hall–Kier alpha value is -1.28. The van der Waals surface area contributed by atoms with E-state index >= 15 is 0 Å². The predicted molar refractivity (Wildman–Crippen MR) is 108 cm³/mol. The lowest BCUT2D eigenvalue weighted by molar-refractivity contribution is 0.306. The van der Waals surface area contributed by atoms with Gasteiger partial charge in [0.2, 0.25) is 0 Å². The highest BCUT2D eigenvalue weighted by molar-refractivity contribution is 14.0. The Labute approximate surface area is 155 Å². The average Bonchev–Trinajstić information content (AvgIpc) is 2.96. The van der Waals surface area contributed by atoms with Crippen molar-refractivity contribution in [3.63, 3.8) is 0 Å². The standard InChI is InChI=1S/C17H26N4O.HI/c1-3-13-6-5-7-15-14(12-21-16(13)15)8-9-19-17(18-4-2)20-10-11-22;/h5-7,12,21-22H,3-4,8-11H2,1-2H3,(H2,18,19,20);1H. The summed E-state index contributed by atoms with van der Waals surface area (Å²) in [5, 5.41) is 16.6. The van der Waals surface area contributed by atoms with E-state index in [1.54, 1.807) is 0 Å². The molecule has 2 aromatic rings. The highest BCUT2D eigenvalue weighted by Crippen LogP contribution is 2.22. The van der Waals surface area contributed by atoms with Gasteiger partial charge < -0.3 is 20.7 Å². The zero-order chi connectivity index (χ0) is 15.8. The molecule has 23 heavy (non-hydrogen) atoms. The summed E-state index contributed by atoms with van der Waals surface area (Å²) in [5.41, 5.74) is 3.92. The molecule has 6 heteroatoms. The number of benzene rings is 1. The maximum Gasteiger partial charge on any atom is 0.191 e. The number of aliphatic imine (C=N–C) groups is 1. The molecule has 1 aromatic heterocycles. The van der Waals surface area contributed by atoms with Crippen LogP contribution in [0.3, 0.4) is 0 Å². The van der Waals surface area contributed by atoms with Crippen molar-refractivity contribution in [1.82, 2.24) is 15.6 Å². The van der Waals surface area contributed by atoms with Crippen molar-refractivity contribution >= 4 is 40.8 Å². The maximum atomic E-state index is 8.86. The summed E-state index contributed by atoms with van der Waals surface area (Å²) in [5.74, 6) is 0.755. The number of hydrogen-bond donors (Lipinski definition) is 4. The van der Waals surface area contributed by atoms with Gasteiger partial charge in [-0.15, -0.1) is 24.0 Å². The lowest BCUT2D eigenvalue weighted by atomic mass is 10.1. The minimum atomic E-state index is 0. The number of nitrogens with zero attached hydrogens (tertiary/aromatic N) is 1. The second-order valence-electron chi connectivity index (χ2n) is 5.17. The summed E-state index contributed by atoms with van der Waals surface area (Å²) in [6.45, 7) is 6.31. The molecule has 1 heterocycles. The van der Waals surface area contributed by atoms with E-state index in [4.69, 9.17) is 5.11 Å². The van der Waals surface area contributed by atoms with Crippen LogP contribution in [0.25, 0.3) is 10.9 Å². The Kier molecular flexibility index (Phi) is 9.01. The van der Waals surface area contributed by atoms with Crippen LogP contribution in [-0.2, 0) is 12.8 Å². The Morgan fingerprint density at radius 3 is 2.74 bits per heavy atom. The molecule has 1 aromatic carbocycles. The van der Waals surface area contributed by atoms with Crippen LogP contribution in [0.5, 0.6) is 0 Å². The average molecular weight is 430 g/mol. The van der Waals surface area contributed by atoms with E-state index < -0.39 is 0 Å². The molecule has 2 rings (SSSR count). The fourth-order valence-electron chi connectivity index (χ4n) is 2.60. The third-order valence-electron chi connectivity index (χ3n) is 3.67. The van der Waals surface area contributed by atoms with Crippen molar-refractivity contribution < 1.29 is 5.11 Å². The first-order valence-electron chi connectivity index (χ1n) is 8.01. The molecule has 0 fully saturated rings. The van der Waals surface area contributed by atoms with E-state index in [1.807, 2.05) is 6.92 Å². The van der Waals surface area contributed by atoms with Gasteiger partial charge in [0, 0.05) is 30.2 Å². The SMILES string of the molecule is CCNC(=NCCO)NCCc1c[nH]c2c(CC)cccc12.I. The first kappa shape index (κ1) is 19.8. The van der Waals surface area contributed by atoms with Crippen molar-refractivity contribution in [3.8, 4) is 0 Å². The van der Waals surface area contributed by atoms with E-state index in [9.17, 15) is 0 Å². The van der Waals surface area contributed by atoms with Gasteiger partial charge in [-0.1, -0.05) is 25.1 Å². The van der Waals surface area contributed by atoms with Crippen LogP contribution in [0.15, 0.2) is 29.4 Å².